The lowest BCUT2D eigenvalue weighted by molar-refractivity contribution is -0.128. The Labute approximate surface area is 70.7 Å². The van der Waals surface area contributed by atoms with E-state index < -0.39 is 6.03 Å². The van der Waals surface area contributed by atoms with Gasteiger partial charge in [0.15, 0.2) is 0 Å². The number of terminal acetylenes is 1. The highest BCUT2D eigenvalue weighted by Crippen LogP contribution is 2.20. The molecular weight excluding hydrogens is 156 g/mol. The van der Waals surface area contributed by atoms with Crippen molar-refractivity contribution in [3.8, 4) is 12.3 Å². The van der Waals surface area contributed by atoms with E-state index in [2.05, 4.69) is 5.92 Å². The number of amides is 3. The van der Waals surface area contributed by atoms with E-state index in [4.69, 9.17) is 12.2 Å². The summed E-state index contributed by atoms with van der Waals surface area (Å²) < 4.78 is 0. The fourth-order valence-electron chi connectivity index (χ4n) is 1.29. The minimum Gasteiger partial charge on any atom is -0.351 e. The number of hydrogen-bond donors (Lipinski definition) is 1. The molecule has 0 aliphatic carbocycles. The Hall–Kier alpha value is -1.50. The van der Waals surface area contributed by atoms with Gasteiger partial charge in [-0.25, -0.2) is 4.79 Å². The highest BCUT2D eigenvalue weighted by atomic mass is 16.2. The maximum Gasteiger partial charge on any atom is 0.321 e. The molecule has 0 spiro atoms. The van der Waals surface area contributed by atoms with Crippen molar-refractivity contribution in [1.29, 1.82) is 0 Å². The quantitative estimate of drug-likeness (QED) is 0.554. The van der Waals surface area contributed by atoms with Gasteiger partial charge in [-0.2, -0.15) is 0 Å². The summed E-state index contributed by atoms with van der Waals surface area (Å²) in [6.45, 7) is 0.403. The molecule has 1 fully saturated rings. The van der Waals surface area contributed by atoms with Gasteiger partial charge in [-0.3, -0.25) is 9.69 Å². The number of likely N-dealkylation sites (tertiary alicyclic amines) is 1. The molecule has 4 nitrogen and oxygen atoms in total. The number of nitrogens with two attached hydrogens (primary N) is 1. The molecule has 1 aliphatic heterocycles. The van der Waals surface area contributed by atoms with Crippen LogP contribution in [-0.4, -0.2) is 23.4 Å². The summed E-state index contributed by atoms with van der Waals surface area (Å²) in [7, 11) is 0. The molecule has 0 bridgehead atoms. The van der Waals surface area contributed by atoms with Crippen LogP contribution in [0.5, 0.6) is 0 Å². The number of carbonyl (C=O) groups excluding carboxylic acids is 2. The molecule has 1 unspecified atom stereocenters. The van der Waals surface area contributed by atoms with Crippen molar-refractivity contribution in [2.75, 3.05) is 6.54 Å². The number of rotatable bonds is 1. The molecule has 2 N–H and O–H groups in total. The van der Waals surface area contributed by atoms with Crippen molar-refractivity contribution in [3.05, 3.63) is 0 Å². The van der Waals surface area contributed by atoms with E-state index in [9.17, 15) is 9.59 Å². The van der Waals surface area contributed by atoms with Crippen molar-refractivity contribution in [2.45, 2.75) is 12.8 Å². The van der Waals surface area contributed by atoms with E-state index in [-0.39, 0.29) is 11.8 Å². The number of primary amides is 1. The van der Waals surface area contributed by atoms with Crippen LogP contribution in [0.3, 0.4) is 0 Å². The van der Waals surface area contributed by atoms with Crippen molar-refractivity contribution in [2.24, 2.45) is 11.7 Å². The highest BCUT2D eigenvalue weighted by Gasteiger charge is 2.33. The van der Waals surface area contributed by atoms with Gasteiger partial charge in [-0.1, -0.05) is 0 Å². The summed E-state index contributed by atoms with van der Waals surface area (Å²) in [6, 6.07) is -0.681. The third-order valence-electron chi connectivity index (χ3n) is 1.95. The van der Waals surface area contributed by atoms with Crippen molar-refractivity contribution in [1.82, 2.24) is 4.90 Å². The van der Waals surface area contributed by atoms with Crippen LogP contribution in [0.25, 0.3) is 0 Å². The standard InChI is InChI=1S/C8H10N2O2/c1-2-3-6-4-5-10(7(6)11)8(9)12/h1,6H,3-5H2,(H2,9,12). The maximum atomic E-state index is 11.3. The Morgan fingerprint density at radius 3 is 2.92 bits per heavy atom. The third kappa shape index (κ3) is 1.40. The summed E-state index contributed by atoms with van der Waals surface area (Å²) in [5, 5.41) is 0. The zero-order chi connectivity index (χ0) is 9.14. The molecule has 0 aromatic heterocycles. The van der Waals surface area contributed by atoms with Crippen LogP contribution in [0, 0.1) is 18.3 Å². The smallest absolute Gasteiger partial charge is 0.321 e. The number of carbonyl (C=O) groups is 2. The summed E-state index contributed by atoms with van der Waals surface area (Å²) >= 11 is 0. The van der Waals surface area contributed by atoms with Crippen molar-refractivity contribution in [3.63, 3.8) is 0 Å². The van der Waals surface area contributed by atoms with Gasteiger partial charge in [0.05, 0.1) is 5.92 Å². The first-order valence-corrected chi connectivity index (χ1v) is 3.71. The van der Waals surface area contributed by atoms with E-state index in [1.54, 1.807) is 0 Å². The highest BCUT2D eigenvalue weighted by molar-refractivity contribution is 5.96. The van der Waals surface area contributed by atoms with Gasteiger partial charge in [0.2, 0.25) is 5.91 Å². The van der Waals surface area contributed by atoms with E-state index in [0.717, 1.165) is 4.90 Å². The van der Waals surface area contributed by atoms with Crippen LogP contribution < -0.4 is 5.73 Å². The van der Waals surface area contributed by atoms with Crippen molar-refractivity contribution < 1.29 is 9.59 Å². The predicted octanol–water partition coefficient (Wildman–Crippen LogP) is -0.0631. The molecule has 0 aromatic rings. The molecule has 1 aliphatic rings. The van der Waals surface area contributed by atoms with Crippen LogP contribution in [0.1, 0.15) is 12.8 Å². The fraction of sp³-hybridized carbons (Fsp3) is 0.500. The normalized spacial score (nSPS) is 22.4. The Bertz CT molecular complexity index is 254. The Kier molecular flexibility index (Phi) is 2.34. The first-order valence-electron chi connectivity index (χ1n) is 3.71. The molecule has 0 radical (unpaired) electrons. The largest absolute Gasteiger partial charge is 0.351 e. The molecule has 0 saturated carbocycles. The van der Waals surface area contributed by atoms with Gasteiger partial charge in [-0.15, -0.1) is 12.3 Å². The topological polar surface area (TPSA) is 63.4 Å². The summed E-state index contributed by atoms with van der Waals surface area (Å²) in [5.74, 6) is 1.96. The Balaban J connectivity index is 2.62. The molecule has 0 aromatic carbocycles. The van der Waals surface area contributed by atoms with Crippen LogP contribution in [0.15, 0.2) is 0 Å². The van der Waals surface area contributed by atoms with Gasteiger partial charge < -0.3 is 5.73 Å². The summed E-state index contributed by atoms with van der Waals surface area (Å²) in [5.41, 5.74) is 4.96. The lowest BCUT2D eigenvalue weighted by Crippen LogP contribution is -2.37. The second-order valence-electron chi connectivity index (χ2n) is 2.72. The van der Waals surface area contributed by atoms with Gasteiger partial charge in [0.25, 0.3) is 0 Å². The van der Waals surface area contributed by atoms with Gasteiger partial charge in [0, 0.05) is 13.0 Å². The van der Waals surface area contributed by atoms with Gasteiger partial charge in [-0.05, 0) is 6.42 Å². The first kappa shape index (κ1) is 8.60. The SMILES string of the molecule is C#CCC1CCN(C(N)=O)C1=O. The average Bonchev–Trinajstić information content (AvgIpc) is 2.34. The lowest BCUT2D eigenvalue weighted by Gasteiger charge is -2.09. The second-order valence-corrected chi connectivity index (χ2v) is 2.72. The van der Waals surface area contributed by atoms with Crippen LogP contribution in [0.4, 0.5) is 4.79 Å². The average molecular weight is 166 g/mol. The predicted molar refractivity (Wildman–Crippen MR) is 42.9 cm³/mol. The van der Waals surface area contributed by atoms with Crippen molar-refractivity contribution >= 4 is 11.9 Å². The zero-order valence-electron chi connectivity index (χ0n) is 6.62. The van der Waals surface area contributed by atoms with E-state index in [1.807, 2.05) is 0 Å². The number of urea groups is 1. The van der Waals surface area contributed by atoms with E-state index in [0.29, 0.717) is 19.4 Å². The summed E-state index contributed by atoms with van der Waals surface area (Å²) in [6.07, 6.45) is 6.08. The lowest BCUT2D eigenvalue weighted by atomic mass is 10.1. The minimum atomic E-state index is -0.681. The molecule has 1 heterocycles. The fourth-order valence-corrected chi connectivity index (χ4v) is 1.29. The molecule has 3 amide bonds. The molecule has 1 atom stereocenters. The molecule has 1 saturated heterocycles. The Morgan fingerprint density at radius 1 is 1.83 bits per heavy atom. The number of nitrogens with zero attached hydrogens (tertiary/aromatic N) is 1. The Morgan fingerprint density at radius 2 is 2.50 bits per heavy atom. The zero-order valence-corrected chi connectivity index (χ0v) is 6.62. The maximum absolute atomic E-state index is 11.3. The van der Waals surface area contributed by atoms with Gasteiger partial charge in [0.1, 0.15) is 0 Å². The monoisotopic (exact) mass is 166 g/mol. The molecule has 1 rings (SSSR count). The number of hydrogen-bond acceptors (Lipinski definition) is 2. The minimum absolute atomic E-state index is 0.206. The molecule has 4 heteroatoms. The second kappa shape index (κ2) is 3.26. The molecule has 12 heavy (non-hydrogen) atoms. The molecular formula is C8H10N2O2. The number of imide groups is 1. The van der Waals surface area contributed by atoms with Crippen LogP contribution in [-0.2, 0) is 4.79 Å². The third-order valence-corrected chi connectivity index (χ3v) is 1.95. The first-order chi connectivity index (χ1) is 5.66. The van der Waals surface area contributed by atoms with E-state index in [1.165, 1.54) is 0 Å². The van der Waals surface area contributed by atoms with Crippen LogP contribution >= 0.6 is 0 Å². The van der Waals surface area contributed by atoms with Crippen LogP contribution in [0.2, 0.25) is 0 Å². The van der Waals surface area contributed by atoms with Gasteiger partial charge >= 0.3 is 6.03 Å². The summed E-state index contributed by atoms with van der Waals surface area (Å²) in [4.78, 5) is 22.9. The van der Waals surface area contributed by atoms with E-state index >= 15 is 0 Å². The molecule has 64 valence electrons.